The largest absolute Gasteiger partial charge is 0.464 e. The number of hydrogen-bond donors (Lipinski definition) is 2. The third-order valence-electron chi connectivity index (χ3n) is 3.83. The summed E-state index contributed by atoms with van der Waals surface area (Å²) in [4.78, 5) is 12.7. The molecule has 1 heterocycles. The van der Waals surface area contributed by atoms with Gasteiger partial charge in [0, 0.05) is 13.6 Å². The highest BCUT2D eigenvalue weighted by Crippen LogP contribution is 2.51. The van der Waals surface area contributed by atoms with Gasteiger partial charge in [-0.25, -0.2) is 0 Å². The minimum absolute atomic E-state index is 0.360. The van der Waals surface area contributed by atoms with Crippen LogP contribution >= 0.6 is 0 Å². The van der Waals surface area contributed by atoms with Crippen LogP contribution in [0.2, 0.25) is 0 Å². The Morgan fingerprint density at radius 1 is 1.21 bits per heavy atom. The van der Waals surface area contributed by atoms with Crippen LogP contribution in [0.1, 0.15) is 33.6 Å². The predicted molar refractivity (Wildman–Crippen MR) is 75.5 cm³/mol. The lowest BCUT2D eigenvalue weighted by atomic mass is 9.92. The van der Waals surface area contributed by atoms with Gasteiger partial charge >= 0.3 is 6.01 Å². The molecule has 0 spiro atoms. The molecule has 0 aromatic carbocycles. The van der Waals surface area contributed by atoms with E-state index in [-0.39, 0.29) is 0 Å². The van der Waals surface area contributed by atoms with Gasteiger partial charge < -0.3 is 15.4 Å². The number of rotatable bonds is 7. The van der Waals surface area contributed by atoms with Crippen molar-refractivity contribution in [1.29, 1.82) is 0 Å². The lowest BCUT2D eigenvalue weighted by Gasteiger charge is -2.20. The highest BCUT2D eigenvalue weighted by molar-refractivity contribution is 5.35. The first-order valence-corrected chi connectivity index (χ1v) is 6.90. The van der Waals surface area contributed by atoms with Gasteiger partial charge in [-0.05, 0) is 31.1 Å². The first-order chi connectivity index (χ1) is 9.09. The van der Waals surface area contributed by atoms with E-state index in [1.165, 1.54) is 12.8 Å². The fourth-order valence-electron chi connectivity index (χ4n) is 2.11. The maximum atomic E-state index is 5.34. The normalized spacial score (nSPS) is 16.3. The van der Waals surface area contributed by atoms with Crippen LogP contribution in [-0.4, -0.2) is 35.2 Å². The summed E-state index contributed by atoms with van der Waals surface area (Å²) in [6, 6.07) is 0.360. The predicted octanol–water partition coefficient (Wildman–Crippen LogP) is 2.16. The molecular formula is C13H23N5O. The molecule has 2 N–H and O–H groups in total. The Hall–Kier alpha value is -1.59. The van der Waals surface area contributed by atoms with Crippen molar-refractivity contribution < 1.29 is 4.74 Å². The maximum Gasteiger partial charge on any atom is 0.323 e. The molecule has 0 aliphatic heterocycles. The average Bonchev–Trinajstić information content (AvgIpc) is 3.18. The van der Waals surface area contributed by atoms with Crippen molar-refractivity contribution in [3.8, 4) is 6.01 Å². The van der Waals surface area contributed by atoms with E-state index in [4.69, 9.17) is 4.74 Å². The molecule has 0 amide bonds. The molecular weight excluding hydrogens is 242 g/mol. The molecule has 1 saturated carbocycles. The molecule has 1 aromatic rings. The van der Waals surface area contributed by atoms with Crippen molar-refractivity contribution in [2.75, 3.05) is 30.8 Å². The lowest BCUT2D eigenvalue weighted by Crippen LogP contribution is -2.22. The van der Waals surface area contributed by atoms with Crippen LogP contribution in [-0.2, 0) is 0 Å². The van der Waals surface area contributed by atoms with E-state index < -0.39 is 0 Å². The molecule has 0 atom stereocenters. The summed E-state index contributed by atoms with van der Waals surface area (Å²) in [7, 11) is 1.78. The summed E-state index contributed by atoms with van der Waals surface area (Å²) < 4.78 is 5.34. The van der Waals surface area contributed by atoms with Gasteiger partial charge in [0.2, 0.25) is 11.9 Å². The van der Waals surface area contributed by atoms with Gasteiger partial charge in [-0.15, -0.1) is 0 Å². The molecule has 6 heteroatoms. The summed E-state index contributed by atoms with van der Waals surface area (Å²) in [6.07, 6.45) is 2.56. The van der Waals surface area contributed by atoms with Gasteiger partial charge in [0.25, 0.3) is 0 Å². The molecule has 1 aromatic heterocycles. The molecule has 19 heavy (non-hydrogen) atoms. The van der Waals surface area contributed by atoms with Crippen LogP contribution in [0.3, 0.4) is 0 Å². The van der Waals surface area contributed by atoms with Crippen LogP contribution in [0.4, 0.5) is 11.9 Å². The molecule has 1 aliphatic rings. The number of ether oxygens (including phenoxy) is 1. The number of aromatic nitrogens is 3. The van der Waals surface area contributed by atoms with Crippen molar-refractivity contribution in [2.24, 2.45) is 11.3 Å². The van der Waals surface area contributed by atoms with Gasteiger partial charge in [0.1, 0.15) is 0 Å². The zero-order chi connectivity index (χ0) is 13.9. The average molecular weight is 265 g/mol. The Morgan fingerprint density at radius 2 is 1.89 bits per heavy atom. The third-order valence-corrected chi connectivity index (χ3v) is 3.83. The van der Waals surface area contributed by atoms with Crippen molar-refractivity contribution in [1.82, 2.24) is 15.0 Å². The van der Waals surface area contributed by atoms with Crippen molar-refractivity contribution >= 4 is 11.9 Å². The zero-order valence-corrected chi connectivity index (χ0v) is 12.2. The number of nitrogens with zero attached hydrogens (tertiary/aromatic N) is 3. The van der Waals surface area contributed by atoms with Crippen molar-refractivity contribution in [3.63, 3.8) is 0 Å². The molecule has 6 nitrogen and oxygen atoms in total. The highest BCUT2D eigenvalue weighted by atomic mass is 16.5. The topological polar surface area (TPSA) is 72.0 Å². The third kappa shape index (κ3) is 3.24. The monoisotopic (exact) mass is 265 g/mol. The van der Waals surface area contributed by atoms with Gasteiger partial charge in [-0.2, -0.15) is 15.0 Å². The Balaban J connectivity index is 2.05. The van der Waals surface area contributed by atoms with Crippen LogP contribution in [0.5, 0.6) is 6.01 Å². The van der Waals surface area contributed by atoms with Crippen LogP contribution < -0.4 is 15.4 Å². The standard InChI is InChI=1S/C13H23N5O/c1-5-19-12-17-10(14-4)16-11(18-12)15-8-13(6-7-13)9(2)3/h9H,5-8H2,1-4H3,(H2,14,15,16,17,18). The quantitative estimate of drug-likeness (QED) is 0.787. The Kier molecular flexibility index (Phi) is 4.07. The van der Waals surface area contributed by atoms with E-state index in [1.54, 1.807) is 7.05 Å². The van der Waals surface area contributed by atoms with Crippen LogP contribution in [0, 0.1) is 11.3 Å². The number of anilines is 2. The molecule has 1 aliphatic carbocycles. The van der Waals surface area contributed by atoms with Crippen LogP contribution in [0.25, 0.3) is 0 Å². The number of hydrogen-bond acceptors (Lipinski definition) is 6. The number of nitrogens with one attached hydrogen (secondary N) is 2. The van der Waals surface area contributed by atoms with Gasteiger partial charge in [-0.3, -0.25) is 0 Å². The minimum atomic E-state index is 0.360. The molecule has 2 rings (SSSR count). The van der Waals surface area contributed by atoms with Crippen molar-refractivity contribution in [3.05, 3.63) is 0 Å². The molecule has 0 bridgehead atoms. The fourth-order valence-corrected chi connectivity index (χ4v) is 2.11. The molecule has 1 fully saturated rings. The Bertz CT molecular complexity index is 431. The van der Waals surface area contributed by atoms with E-state index in [1.807, 2.05) is 6.92 Å². The molecule has 0 radical (unpaired) electrons. The van der Waals surface area contributed by atoms with E-state index in [2.05, 4.69) is 39.4 Å². The molecule has 0 saturated heterocycles. The first kappa shape index (κ1) is 13.8. The molecule has 0 unspecified atom stereocenters. The summed E-state index contributed by atoms with van der Waals surface area (Å²) >= 11 is 0. The Morgan fingerprint density at radius 3 is 2.42 bits per heavy atom. The summed E-state index contributed by atoms with van der Waals surface area (Å²) in [5, 5.41) is 6.24. The summed E-state index contributed by atoms with van der Waals surface area (Å²) in [5.41, 5.74) is 0.415. The first-order valence-electron chi connectivity index (χ1n) is 6.90. The lowest BCUT2D eigenvalue weighted by molar-refractivity contribution is 0.312. The van der Waals surface area contributed by atoms with Gasteiger partial charge in [-0.1, -0.05) is 13.8 Å². The SMILES string of the molecule is CCOc1nc(NC)nc(NCC2(C(C)C)CC2)n1. The summed E-state index contributed by atoms with van der Waals surface area (Å²) in [5.74, 6) is 1.78. The van der Waals surface area contributed by atoms with Crippen molar-refractivity contribution in [2.45, 2.75) is 33.6 Å². The summed E-state index contributed by atoms with van der Waals surface area (Å²) in [6.45, 7) is 7.90. The molecule has 106 valence electrons. The second-order valence-electron chi connectivity index (χ2n) is 5.32. The van der Waals surface area contributed by atoms with E-state index >= 15 is 0 Å². The fraction of sp³-hybridized carbons (Fsp3) is 0.769. The minimum Gasteiger partial charge on any atom is -0.464 e. The van der Waals surface area contributed by atoms with Gasteiger partial charge in [0.15, 0.2) is 0 Å². The second kappa shape index (κ2) is 5.59. The van der Waals surface area contributed by atoms with Gasteiger partial charge in [0.05, 0.1) is 6.61 Å². The van der Waals surface area contributed by atoms with E-state index in [0.29, 0.717) is 35.8 Å². The Labute approximate surface area is 114 Å². The van der Waals surface area contributed by atoms with E-state index in [0.717, 1.165) is 6.54 Å². The highest BCUT2D eigenvalue weighted by Gasteiger charge is 2.45. The maximum absolute atomic E-state index is 5.34. The smallest absolute Gasteiger partial charge is 0.323 e. The second-order valence-corrected chi connectivity index (χ2v) is 5.32. The van der Waals surface area contributed by atoms with E-state index in [9.17, 15) is 0 Å². The zero-order valence-electron chi connectivity index (χ0n) is 12.2. The van der Waals surface area contributed by atoms with Crippen LogP contribution in [0.15, 0.2) is 0 Å².